The third-order valence-electron chi connectivity index (χ3n) is 3.65. The van der Waals surface area contributed by atoms with Crippen LogP contribution in [0.25, 0.3) is 0 Å². The van der Waals surface area contributed by atoms with Gasteiger partial charge in [0.05, 0.1) is 5.69 Å². The van der Waals surface area contributed by atoms with Gasteiger partial charge in [0.1, 0.15) is 4.90 Å². The first-order chi connectivity index (χ1) is 9.32. The van der Waals surface area contributed by atoms with Crippen LogP contribution in [-0.2, 0) is 9.05 Å². The van der Waals surface area contributed by atoms with E-state index in [4.69, 9.17) is 10.7 Å². The first-order valence-electron chi connectivity index (χ1n) is 6.63. The topological polar surface area (TPSA) is 83.1 Å². The lowest BCUT2D eigenvalue weighted by molar-refractivity contribution is 0.0688. The monoisotopic (exact) mass is 319 g/mol. The van der Waals surface area contributed by atoms with Gasteiger partial charge >= 0.3 is 0 Å². The second kappa shape index (κ2) is 5.73. The van der Waals surface area contributed by atoms with Gasteiger partial charge in [0.2, 0.25) is 0 Å². The minimum atomic E-state index is -4.00. The maximum atomic E-state index is 12.6. The Balaban J connectivity index is 2.39. The van der Waals surface area contributed by atoms with Crippen LogP contribution in [0, 0.1) is 6.92 Å². The van der Waals surface area contributed by atoms with Crippen molar-refractivity contribution < 1.29 is 13.2 Å². The molecule has 8 heteroatoms. The first-order valence-corrected chi connectivity index (χ1v) is 8.94. The van der Waals surface area contributed by atoms with Gasteiger partial charge in [0.25, 0.3) is 15.0 Å². The van der Waals surface area contributed by atoms with Crippen LogP contribution in [0.15, 0.2) is 4.90 Å². The molecule has 1 amide bonds. The van der Waals surface area contributed by atoms with E-state index in [1.54, 1.807) is 4.90 Å². The van der Waals surface area contributed by atoms with Crippen LogP contribution in [0.1, 0.15) is 48.8 Å². The average Bonchev–Trinajstić information content (AvgIpc) is 2.61. The zero-order chi connectivity index (χ0) is 14.9. The summed E-state index contributed by atoms with van der Waals surface area (Å²) in [6.45, 7) is 4.12. The third-order valence-corrected chi connectivity index (χ3v) is 5.10. The van der Waals surface area contributed by atoms with Crippen molar-refractivity contribution in [3.05, 3.63) is 11.4 Å². The number of nitrogens with zero attached hydrogens (tertiary/aromatic N) is 2. The molecule has 0 saturated carbocycles. The molecular formula is C12H18ClN3O3S. The van der Waals surface area contributed by atoms with Crippen LogP contribution >= 0.6 is 10.7 Å². The van der Waals surface area contributed by atoms with E-state index in [0.717, 1.165) is 25.7 Å². The Bertz CT molecular complexity index is 611. The van der Waals surface area contributed by atoms with Crippen LogP contribution in [0.3, 0.4) is 0 Å². The lowest BCUT2D eigenvalue weighted by Crippen LogP contribution is -2.38. The lowest BCUT2D eigenvalue weighted by Gasteiger charge is -2.26. The standard InChI is InChI=1S/C12H18ClN3O3S/c1-8-6-4-3-5-7-16(8)12(17)10-11(20(13,18)19)9(2)14-15-10/h8H,3-7H2,1-2H3,(H,14,15). The quantitative estimate of drug-likeness (QED) is 0.846. The summed E-state index contributed by atoms with van der Waals surface area (Å²) in [5.41, 5.74) is 0.178. The summed E-state index contributed by atoms with van der Waals surface area (Å²) >= 11 is 0. The van der Waals surface area contributed by atoms with Crippen molar-refractivity contribution in [1.29, 1.82) is 0 Å². The zero-order valence-electron chi connectivity index (χ0n) is 11.5. The summed E-state index contributed by atoms with van der Waals surface area (Å²) in [6, 6.07) is 0.0767. The van der Waals surface area contributed by atoms with Crippen molar-refractivity contribution >= 4 is 25.6 Å². The van der Waals surface area contributed by atoms with Gasteiger partial charge < -0.3 is 4.90 Å². The molecule has 1 saturated heterocycles. The molecule has 0 spiro atoms. The molecule has 0 radical (unpaired) electrons. The Kier molecular flexibility index (Phi) is 4.39. The van der Waals surface area contributed by atoms with Gasteiger partial charge in [-0.3, -0.25) is 9.89 Å². The number of rotatable bonds is 2. The van der Waals surface area contributed by atoms with E-state index in [1.165, 1.54) is 6.92 Å². The van der Waals surface area contributed by atoms with Crippen molar-refractivity contribution in [3.63, 3.8) is 0 Å². The fourth-order valence-electron chi connectivity index (χ4n) is 2.57. The van der Waals surface area contributed by atoms with E-state index >= 15 is 0 Å². The first kappa shape index (κ1) is 15.3. The van der Waals surface area contributed by atoms with Crippen molar-refractivity contribution in [2.24, 2.45) is 0 Å². The number of hydrogen-bond acceptors (Lipinski definition) is 4. The maximum Gasteiger partial charge on any atom is 0.276 e. The molecule has 112 valence electrons. The van der Waals surface area contributed by atoms with Crippen LogP contribution < -0.4 is 0 Å². The molecule has 1 aromatic heterocycles. The van der Waals surface area contributed by atoms with Crippen LogP contribution in [0.2, 0.25) is 0 Å². The largest absolute Gasteiger partial charge is 0.335 e. The van der Waals surface area contributed by atoms with E-state index in [-0.39, 0.29) is 28.2 Å². The molecule has 1 aliphatic rings. The average molecular weight is 320 g/mol. The van der Waals surface area contributed by atoms with Gasteiger partial charge in [-0.05, 0) is 26.7 Å². The molecule has 6 nitrogen and oxygen atoms in total. The van der Waals surface area contributed by atoms with E-state index in [2.05, 4.69) is 10.2 Å². The molecule has 1 fully saturated rings. The fraction of sp³-hybridized carbons (Fsp3) is 0.667. The van der Waals surface area contributed by atoms with E-state index < -0.39 is 9.05 Å². The Labute approximate surface area is 122 Å². The van der Waals surface area contributed by atoms with Gasteiger partial charge in [-0.2, -0.15) is 5.10 Å². The number of hydrogen-bond donors (Lipinski definition) is 1. The minimum absolute atomic E-state index is 0.0767. The Hall–Kier alpha value is -1.08. The third kappa shape index (κ3) is 2.98. The molecule has 1 unspecified atom stereocenters. The number of nitrogens with one attached hydrogen (secondary N) is 1. The minimum Gasteiger partial charge on any atom is -0.335 e. The Morgan fingerprint density at radius 1 is 1.40 bits per heavy atom. The second-order valence-electron chi connectivity index (χ2n) is 5.16. The number of carbonyl (C=O) groups is 1. The van der Waals surface area contributed by atoms with Crippen molar-refractivity contribution in [1.82, 2.24) is 15.1 Å². The molecule has 0 aliphatic carbocycles. The smallest absolute Gasteiger partial charge is 0.276 e. The van der Waals surface area contributed by atoms with E-state index in [0.29, 0.717) is 6.54 Å². The van der Waals surface area contributed by atoms with Gasteiger partial charge in [-0.1, -0.05) is 12.8 Å². The van der Waals surface area contributed by atoms with Crippen molar-refractivity contribution in [2.45, 2.75) is 50.5 Å². The highest BCUT2D eigenvalue weighted by Crippen LogP contribution is 2.25. The van der Waals surface area contributed by atoms with Crippen molar-refractivity contribution in [2.75, 3.05) is 6.54 Å². The Morgan fingerprint density at radius 3 is 2.75 bits per heavy atom. The lowest BCUT2D eigenvalue weighted by atomic mass is 10.1. The zero-order valence-corrected chi connectivity index (χ0v) is 13.1. The molecule has 2 rings (SSSR count). The molecule has 0 bridgehead atoms. The number of aromatic nitrogens is 2. The number of amides is 1. The van der Waals surface area contributed by atoms with Crippen LogP contribution in [-0.4, -0.2) is 42.0 Å². The number of halogens is 1. The highest BCUT2D eigenvalue weighted by molar-refractivity contribution is 8.13. The molecular weight excluding hydrogens is 302 g/mol. The maximum absolute atomic E-state index is 12.6. The van der Waals surface area contributed by atoms with Crippen LogP contribution in [0.4, 0.5) is 0 Å². The normalized spacial score (nSPS) is 20.8. The second-order valence-corrected chi connectivity index (χ2v) is 7.66. The summed E-state index contributed by atoms with van der Waals surface area (Å²) in [4.78, 5) is 14.0. The van der Waals surface area contributed by atoms with E-state index in [9.17, 15) is 13.2 Å². The molecule has 1 aromatic rings. The molecule has 1 N–H and O–H groups in total. The SMILES string of the molecule is Cc1[nH]nc(C(=O)N2CCCCCC2C)c1S(=O)(=O)Cl. The summed E-state index contributed by atoms with van der Waals surface area (Å²) in [7, 11) is 1.40. The predicted molar refractivity (Wildman–Crippen MR) is 75.3 cm³/mol. The molecule has 20 heavy (non-hydrogen) atoms. The number of carbonyl (C=O) groups excluding carboxylic acids is 1. The number of likely N-dealkylation sites (tertiary alicyclic amines) is 1. The highest BCUT2D eigenvalue weighted by Gasteiger charge is 2.31. The molecule has 2 heterocycles. The van der Waals surface area contributed by atoms with Crippen LogP contribution in [0.5, 0.6) is 0 Å². The Morgan fingerprint density at radius 2 is 2.10 bits per heavy atom. The number of aromatic amines is 1. The van der Waals surface area contributed by atoms with Gasteiger partial charge in [0, 0.05) is 23.3 Å². The highest BCUT2D eigenvalue weighted by atomic mass is 35.7. The molecule has 1 atom stereocenters. The summed E-state index contributed by atoms with van der Waals surface area (Å²) in [6.07, 6.45) is 3.99. The van der Waals surface area contributed by atoms with Gasteiger partial charge in [-0.25, -0.2) is 8.42 Å². The summed E-state index contributed by atoms with van der Waals surface area (Å²) in [5.74, 6) is -0.372. The number of aryl methyl sites for hydroxylation is 1. The van der Waals surface area contributed by atoms with E-state index in [1.807, 2.05) is 6.92 Å². The van der Waals surface area contributed by atoms with Crippen molar-refractivity contribution in [3.8, 4) is 0 Å². The number of H-pyrrole nitrogens is 1. The fourth-order valence-corrected chi connectivity index (χ4v) is 3.92. The van der Waals surface area contributed by atoms with Gasteiger partial charge in [-0.15, -0.1) is 0 Å². The summed E-state index contributed by atoms with van der Waals surface area (Å²) in [5, 5.41) is 6.38. The molecule has 1 aliphatic heterocycles. The molecule has 0 aromatic carbocycles. The summed E-state index contributed by atoms with van der Waals surface area (Å²) < 4.78 is 23.2. The predicted octanol–water partition coefficient (Wildman–Crippen LogP) is 2.05. The van der Waals surface area contributed by atoms with Gasteiger partial charge in [0.15, 0.2) is 5.69 Å².